The van der Waals surface area contributed by atoms with E-state index in [1.54, 1.807) is 13.8 Å². The highest BCUT2D eigenvalue weighted by molar-refractivity contribution is 5.66. The van der Waals surface area contributed by atoms with Gasteiger partial charge >= 0.3 is 11.9 Å². The minimum atomic E-state index is -0.745. The molecule has 0 aromatic carbocycles. The zero-order valence-electron chi connectivity index (χ0n) is 7.28. The van der Waals surface area contributed by atoms with Crippen molar-refractivity contribution in [3.63, 3.8) is 0 Å². The number of carbonyl (C=O) groups is 2. The van der Waals surface area contributed by atoms with Crippen molar-refractivity contribution < 1.29 is 19.8 Å². The fraction of sp³-hybridized carbons (Fsp3) is 0.667. The Balaban J connectivity index is -0.000000112. The summed E-state index contributed by atoms with van der Waals surface area (Å²) >= 11 is 0. The Morgan fingerprint density at radius 3 is 1.08 bits per heavy atom. The molecule has 0 heterocycles. The van der Waals surface area contributed by atoms with Crippen molar-refractivity contribution >= 4 is 11.9 Å². The lowest BCUT2D eigenvalue weighted by Gasteiger charge is -1.71. The summed E-state index contributed by atoms with van der Waals surface area (Å²) < 4.78 is 0. The molecule has 0 atom stereocenters. The Hall–Kier alpha value is -1.14. The number of aliphatic carboxylic acids is 2. The molecule has 6 heteroatoms. The normalized spacial score (nSPS) is 6.67. The highest BCUT2D eigenvalue weighted by Gasteiger charge is 1.81. The van der Waals surface area contributed by atoms with Gasteiger partial charge in [0.1, 0.15) is 0 Å². The quantitative estimate of drug-likeness (QED) is 0.343. The Morgan fingerprint density at radius 2 is 1.08 bits per heavy atom. The van der Waals surface area contributed by atoms with Crippen molar-refractivity contribution in [2.45, 2.75) is 26.7 Å². The zero-order valence-corrected chi connectivity index (χ0v) is 7.28. The van der Waals surface area contributed by atoms with E-state index in [0.29, 0.717) is 0 Å². The van der Waals surface area contributed by atoms with Crippen molar-refractivity contribution in [1.82, 2.24) is 0 Å². The maximum Gasteiger partial charge on any atom is 0.303 e. The third kappa shape index (κ3) is 66.9. The summed E-state index contributed by atoms with van der Waals surface area (Å²) in [5, 5.41) is 15.4. The van der Waals surface area contributed by atoms with Crippen LogP contribution in [0, 0.1) is 0 Å². The number of carboxylic acids is 2. The molecule has 6 nitrogen and oxygen atoms in total. The van der Waals surface area contributed by atoms with Crippen molar-refractivity contribution in [2.24, 2.45) is 11.7 Å². The molecular weight excluding hydrogens is 164 g/mol. The first-order chi connectivity index (χ1) is 5.54. The van der Waals surface area contributed by atoms with Gasteiger partial charge < -0.3 is 10.2 Å². The molecule has 0 rings (SSSR count). The van der Waals surface area contributed by atoms with E-state index in [4.69, 9.17) is 10.2 Å². The van der Waals surface area contributed by atoms with Crippen LogP contribution in [0.15, 0.2) is 0 Å². The number of hydrogen-bond acceptors (Lipinski definition) is 4. The van der Waals surface area contributed by atoms with Crippen LogP contribution < -0.4 is 11.7 Å². The van der Waals surface area contributed by atoms with Gasteiger partial charge in [-0.2, -0.15) is 0 Å². The van der Waals surface area contributed by atoms with Gasteiger partial charge in [-0.3, -0.25) is 21.3 Å². The molecule has 0 aliphatic rings. The molecule has 0 aromatic rings. The monoisotopic (exact) mass is 180 g/mol. The van der Waals surface area contributed by atoms with Crippen LogP contribution in [0.4, 0.5) is 0 Å². The first-order valence-electron chi connectivity index (χ1n) is 3.31. The molecule has 12 heavy (non-hydrogen) atoms. The van der Waals surface area contributed by atoms with Crippen LogP contribution in [0.2, 0.25) is 0 Å². The van der Waals surface area contributed by atoms with Gasteiger partial charge in [0.05, 0.1) is 0 Å². The molecule has 6 N–H and O–H groups in total. The van der Waals surface area contributed by atoms with E-state index >= 15 is 0 Å². The molecule has 0 unspecified atom stereocenters. The number of hydrogen-bond donors (Lipinski definition) is 4. The van der Waals surface area contributed by atoms with E-state index in [1.807, 2.05) is 0 Å². The molecule has 0 radical (unpaired) electrons. The predicted octanol–water partition coefficient (Wildman–Crippen LogP) is -0.219. The fourth-order valence-corrected chi connectivity index (χ4v) is 0. The molecule has 0 saturated heterocycles. The highest BCUT2D eigenvalue weighted by atomic mass is 16.4. The predicted molar refractivity (Wildman–Crippen MR) is 44.2 cm³/mol. The lowest BCUT2D eigenvalue weighted by atomic mass is 10.5. The summed E-state index contributed by atoms with van der Waals surface area (Å²) in [5.74, 6) is 6.51. The first-order valence-corrected chi connectivity index (χ1v) is 3.31. The number of carboxylic acid groups (broad SMARTS) is 2. The van der Waals surface area contributed by atoms with Crippen molar-refractivity contribution in [1.29, 1.82) is 0 Å². The molecule has 0 aliphatic heterocycles. The summed E-state index contributed by atoms with van der Waals surface area (Å²) in [6.45, 7) is 3.20. The standard InChI is InChI=1S/2C3H6O2.H4N2/c2*1-2-3(4)5;1-2/h2*2H2,1H3,(H,4,5);1-2H2. The maximum absolute atomic E-state index is 9.37. The van der Waals surface area contributed by atoms with Gasteiger partial charge in [-0.15, -0.1) is 0 Å². The average Bonchev–Trinajstić information content (AvgIpc) is 2.09. The molecule has 0 spiro atoms. The molecule has 0 bridgehead atoms. The molecule has 0 aliphatic carbocycles. The molecule has 0 aromatic heterocycles. The van der Waals surface area contributed by atoms with Crippen LogP contribution in [0.1, 0.15) is 26.7 Å². The third-order valence-corrected chi connectivity index (χ3v) is 0.605. The summed E-state index contributed by atoms with van der Waals surface area (Å²) in [6.07, 6.45) is 0.444. The summed E-state index contributed by atoms with van der Waals surface area (Å²) in [6, 6.07) is 0. The Kier molecular flexibility index (Phi) is 23.4. The minimum absolute atomic E-state index is 0.222. The van der Waals surface area contributed by atoms with Gasteiger partial charge in [0.2, 0.25) is 0 Å². The van der Waals surface area contributed by atoms with E-state index in [-0.39, 0.29) is 12.8 Å². The summed E-state index contributed by atoms with van der Waals surface area (Å²) in [4.78, 5) is 18.7. The highest BCUT2D eigenvalue weighted by Crippen LogP contribution is 1.67. The van der Waals surface area contributed by atoms with Gasteiger partial charge in [0.15, 0.2) is 0 Å². The number of nitrogens with two attached hydrogens (primary N) is 2. The van der Waals surface area contributed by atoms with Crippen molar-refractivity contribution in [3.05, 3.63) is 0 Å². The van der Waals surface area contributed by atoms with E-state index in [2.05, 4.69) is 11.7 Å². The maximum atomic E-state index is 9.37. The minimum Gasteiger partial charge on any atom is -0.481 e. The molecule has 0 amide bonds. The first kappa shape index (κ1) is 17.1. The molecule has 74 valence electrons. The number of hydrazine groups is 1. The van der Waals surface area contributed by atoms with Gasteiger partial charge in [0, 0.05) is 12.8 Å². The Bertz CT molecular complexity index is 102. The molecule has 0 fully saturated rings. The van der Waals surface area contributed by atoms with Gasteiger partial charge in [0.25, 0.3) is 0 Å². The average molecular weight is 180 g/mol. The van der Waals surface area contributed by atoms with E-state index < -0.39 is 11.9 Å². The smallest absolute Gasteiger partial charge is 0.303 e. The zero-order chi connectivity index (χ0) is 10.6. The third-order valence-electron chi connectivity index (χ3n) is 0.605. The second-order valence-corrected chi connectivity index (χ2v) is 1.49. The van der Waals surface area contributed by atoms with Crippen molar-refractivity contribution in [3.8, 4) is 0 Å². The van der Waals surface area contributed by atoms with E-state index in [1.165, 1.54) is 0 Å². The van der Waals surface area contributed by atoms with Crippen molar-refractivity contribution in [2.75, 3.05) is 0 Å². The van der Waals surface area contributed by atoms with Gasteiger partial charge in [-0.1, -0.05) is 13.8 Å². The van der Waals surface area contributed by atoms with Crippen LogP contribution in [-0.4, -0.2) is 22.2 Å². The van der Waals surface area contributed by atoms with Crippen LogP contribution >= 0.6 is 0 Å². The molecular formula is C6H16N2O4. The Labute approximate surface area is 71.1 Å². The van der Waals surface area contributed by atoms with Crippen LogP contribution in [0.5, 0.6) is 0 Å². The van der Waals surface area contributed by atoms with Crippen LogP contribution in [-0.2, 0) is 9.59 Å². The SMILES string of the molecule is CCC(=O)O.CCC(=O)O.NN. The molecule has 0 saturated carbocycles. The Morgan fingerprint density at radius 1 is 1.00 bits per heavy atom. The topological polar surface area (TPSA) is 127 Å². The lowest BCUT2D eigenvalue weighted by molar-refractivity contribution is -0.137. The van der Waals surface area contributed by atoms with Crippen LogP contribution in [0.25, 0.3) is 0 Å². The second kappa shape index (κ2) is 16.4. The van der Waals surface area contributed by atoms with E-state index in [9.17, 15) is 9.59 Å². The fourth-order valence-electron chi connectivity index (χ4n) is 0. The summed E-state index contributed by atoms with van der Waals surface area (Å²) in [5.41, 5.74) is 0. The second-order valence-electron chi connectivity index (χ2n) is 1.49. The van der Waals surface area contributed by atoms with Gasteiger partial charge in [-0.05, 0) is 0 Å². The largest absolute Gasteiger partial charge is 0.481 e. The van der Waals surface area contributed by atoms with Crippen LogP contribution in [0.3, 0.4) is 0 Å². The number of rotatable bonds is 2. The summed E-state index contributed by atoms with van der Waals surface area (Å²) in [7, 11) is 0. The van der Waals surface area contributed by atoms with Gasteiger partial charge in [-0.25, -0.2) is 0 Å². The van der Waals surface area contributed by atoms with E-state index in [0.717, 1.165) is 0 Å². The lowest BCUT2D eigenvalue weighted by Crippen LogP contribution is -2.02.